The summed E-state index contributed by atoms with van der Waals surface area (Å²) in [6.45, 7) is 0. The van der Waals surface area contributed by atoms with Crippen LogP contribution < -0.4 is 0 Å². The second-order valence-corrected chi connectivity index (χ2v) is 34.1. The zero-order valence-corrected chi connectivity index (χ0v) is 72.4. The van der Waals surface area contributed by atoms with Crippen molar-refractivity contribution < 1.29 is 8.83 Å². The number of aromatic nitrogens is 9. The van der Waals surface area contributed by atoms with Gasteiger partial charge in [0.25, 0.3) is 0 Å². The highest BCUT2D eigenvalue weighted by Gasteiger charge is 2.23. The van der Waals surface area contributed by atoms with Crippen LogP contribution in [0.2, 0.25) is 0 Å². The summed E-state index contributed by atoms with van der Waals surface area (Å²) < 4.78 is 15.0. The molecular weight excluding hydrogens is 1640 g/mol. The molecular formula is C121H75N9O2S. The van der Waals surface area contributed by atoms with E-state index in [1.165, 1.54) is 58.4 Å². The molecule has 0 aliphatic heterocycles. The molecule has 0 amide bonds. The normalized spacial score (nSPS) is 11.5. The summed E-state index contributed by atoms with van der Waals surface area (Å²) in [5.41, 5.74) is 21.4. The molecule has 622 valence electrons. The molecule has 6 aromatic heterocycles. The largest absolute Gasteiger partial charge is 0.456 e. The smallest absolute Gasteiger partial charge is 0.164 e. The molecule has 0 bridgehead atoms. The average molecular weight is 1720 g/mol. The van der Waals surface area contributed by atoms with Gasteiger partial charge in [-0.15, -0.1) is 11.3 Å². The molecule has 26 rings (SSSR count). The van der Waals surface area contributed by atoms with E-state index in [9.17, 15) is 0 Å². The number of hydrogen-bond donors (Lipinski definition) is 0. The summed E-state index contributed by atoms with van der Waals surface area (Å²) in [5, 5.41) is 16.5. The Labute approximate surface area is 768 Å². The van der Waals surface area contributed by atoms with Crippen molar-refractivity contribution >= 4 is 118 Å². The third kappa shape index (κ3) is 15.3. The van der Waals surface area contributed by atoms with E-state index in [1.807, 2.05) is 193 Å². The molecule has 20 aromatic carbocycles. The first kappa shape index (κ1) is 78.7. The van der Waals surface area contributed by atoms with Crippen molar-refractivity contribution in [2.45, 2.75) is 0 Å². The van der Waals surface area contributed by atoms with Gasteiger partial charge >= 0.3 is 0 Å². The molecule has 0 aliphatic carbocycles. The van der Waals surface area contributed by atoms with Crippen LogP contribution in [0.1, 0.15) is 0 Å². The van der Waals surface area contributed by atoms with E-state index in [2.05, 4.69) is 273 Å². The fraction of sp³-hybridized carbons (Fsp3) is 0. The van der Waals surface area contributed by atoms with Crippen LogP contribution in [0.3, 0.4) is 0 Å². The molecule has 0 unspecified atom stereocenters. The highest BCUT2D eigenvalue weighted by atomic mass is 32.1. The van der Waals surface area contributed by atoms with Crippen molar-refractivity contribution in [3.05, 3.63) is 455 Å². The highest BCUT2D eigenvalue weighted by Crippen LogP contribution is 2.45. The molecule has 133 heavy (non-hydrogen) atoms. The van der Waals surface area contributed by atoms with E-state index in [0.717, 1.165) is 143 Å². The third-order valence-electron chi connectivity index (χ3n) is 24.8. The van der Waals surface area contributed by atoms with Crippen LogP contribution in [0.15, 0.2) is 464 Å². The van der Waals surface area contributed by atoms with Gasteiger partial charge in [0.15, 0.2) is 52.4 Å². The van der Waals surface area contributed by atoms with E-state index >= 15 is 0 Å². The number of furan rings is 2. The quantitative estimate of drug-likeness (QED) is 0.109. The first-order valence-electron chi connectivity index (χ1n) is 44.3. The number of thiophene rings is 1. The summed E-state index contributed by atoms with van der Waals surface area (Å²) in [4.78, 5) is 44.6. The van der Waals surface area contributed by atoms with Gasteiger partial charge in [-0.05, 0) is 160 Å². The minimum absolute atomic E-state index is 0.634. The summed E-state index contributed by atoms with van der Waals surface area (Å²) in [7, 11) is 0. The van der Waals surface area contributed by atoms with Crippen LogP contribution in [0.25, 0.3) is 254 Å². The fourth-order valence-corrected chi connectivity index (χ4v) is 19.4. The molecule has 0 spiro atoms. The minimum atomic E-state index is 0.634. The Bertz CT molecular complexity index is 8830. The lowest BCUT2D eigenvalue weighted by atomic mass is 9.91. The number of para-hydroxylation sites is 2. The van der Waals surface area contributed by atoms with E-state index in [1.54, 1.807) is 0 Å². The first-order chi connectivity index (χ1) is 65.9. The lowest BCUT2D eigenvalue weighted by molar-refractivity contribution is 0.669. The molecule has 0 atom stereocenters. The first-order valence-corrected chi connectivity index (χ1v) is 45.2. The second kappa shape index (κ2) is 34.1. The molecule has 6 heterocycles. The van der Waals surface area contributed by atoms with E-state index in [0.29, 0.717) is 52.4 Å². The standard InChI is InChI=1S/C43H27N3O.C41H25N3O.C37H23N3S/c1-3-10-28(11-4-1)29-18-20-31(21-19-29)42-44-41(30-12-5-2-6-13-30)45-43(46-42)35-15-9-14-32(24-35)33-22-23-34-27-40-38(26-36(34)25-33)37-16-7-8-17-39(37)47-40;1-3-12-26(13-4-1)39-42-40(27-14-5-2-6-15-27)44-41(43-39)34-23-22-32(29-17-7-8-18-30(29)34)31-20-11-16-28-24-38-36(25-35(28)31)33-19-9-10-21-37(33)45-38;1-3-11-24(12-4-1)35-38-36(25-13-5-2-6-14-25)40-37(39-35)27-16-9-15-26(23-27)28-18-10-19-30-29(28)21-22-33-34(30)31-17-7-8-20-32(31)41-33/h1-27H;1-25H;1-23H. The molecule has 0 saturated carbocycles. The molecule has 0 saturated heterocycles. The van der Waals surface area contributed by atoms with Gasteiger partial charge in [-0.3, -0.25) is 0 Å². The van der Waals surface area contributed by atoms with Gasteiger partial charge in [-0.1, -0.05) is 382 Å². The fourth-order valence-electron chi connectivity index (χ4n) is 18.3. The number of hydrogen-bond acceptors (Lipinski definition) is 12. The van der Waals surface area contributed by atoms with E-state index in [4.69, 9.17) is 53.7 Å². The van der Waals surface area contributed by atoms with Gasteiger partial charge in [-0.25, -0.2) is 44.9 Å². The molecule has 0 fully saturated rings. The van der Waals surface area contributed by atoms with Crippen LogP contribution in [-0.4, -0.2) is 44.9 Å². The Morgan fingerprint density at radius 2 is 0.489 bits per heavy atom. The predicted molar refractivity (Wildman–Crippen MR) is 548 cm³/mol. The summed E-state index contributed by atoms with van der Waals surface area (Å²) in [6, 6.07) is 157. The molecule has 0 radical (unpaired) electrons. The van der Waals surface area contributed by atoms with Gasteiger partial charge in [0.2, 0.25) is 0 Å². The Morgan fingerprint density at radius 3 is 1.04 bits per heavy atom. The lowest BCUT2D eigenvalue weighted by Gasteiger charge is -2.14. The molecule has 0 N–H and O–H groups in total. The summed E-state index contributed by atoms with van der Waals surface area (Å²) in [5.74, 6) is 5.85. The van der Waals surface area contributed by atoms with Gasteiger partial charge in [0.1, 0.15) is 22.3 Å². The van der Waals surface area contributed by atoms with Crippen molar-refractivity contribution in [1.82, 2.24) is 44.9 Å². The molecule has 11 nitrogen and oxygen atoms in total. The van der Waals surface area contributed by atoms with Crippen LogP contribution in [0.4, 0.5) is 0 Å². The van der Waals surface area contributed by atoms with Gasteiger partial charge < -0.3 is 8.83 Å². The maximum absolute atomic E-state index is 6.21. The van der Waals surface area contributed by atoms with Crippen molar-refractivity contribution in [2.75, 3.05) is 0 Å². The van der Waals surface area contributed by atoms with Gasteiger partial charge in [0, 0.05) is 91.8 Å². The lowest BCUT2D eigenvalue weighted by Crippen LogP contribution is -2.00. The monoisotopic (exact) mass is 1720 g/mol. The topological polar surface area (TPSA) is 142 Å². The van der Waals surface area contributed by atoms with Crippen molar-refractivity contribution in [1.29, 1.82) is 0 Å². The van der Waals surface area contributed by atoms with Crippen LogP contribution in [0, 0.1) is 0 Å². The number of benzene rings is 20. The Morgan fingerprint density at radius 1 is 0.143 bits per heavy atom. The summed E-state index contributed by atoms with van der Waals surface area (Å²) in [6.07, 6.45) is 0. The maximum atomic E-state index is 6.21. The van der Waals surface area contributed by atoms with Crippen molar-refractivity contribution in [2.24, 2.45) is 0 Å². The van der Waals surface area contributed by atoms with E-state index in [-0.39, 0.29) is 0 Å². The number of fused-ring (bicyclic) bond motifs is 14. The number of nitrogens with zero attached hydrogens (tertiary/aromatic N) is 9. The molecule has 26 aromatic rings. The zero-order chi connectivity index (χ0) is 88.1. The Kier molecular flexibility index (Phi) is 20.2. The second-order valence-electron chi connectivity index (χ2n) is 33.0. The van der Waals surface area contributed by atoms with E-state index < -0.39 is 0 Å². The molecule has 12 heteroatoms. The Hall–Kier alpha value is -17.7. The van der Waals surface area contributed by atoms with Crippen molar-refractivity contribution in [3.8, 4) is 147 Å². The SMILES string of the molecule is c1ccc(-c2ccc(-c3nc(-c4ccccc4)nc(-c4cccc(-c5ccc6cc7oc8ccccc8c7cc6c5)c4)n3)cc2)cc1.c1ccc(-c2nc(-c3ccccc3)nc(-c3ccc(-c4cccc5cc6oc7ccccc7c6cc45)c4ccccc34)n2)cc1.c1ccc(-c2nc(-c3ccccc3)nc(-c3cccc(-c4cccc5c4ccc4sc6ccccc6c45)c3)n2)cc1. The van der Waals surface area contributed by atoms with Crippen LogP contribution in [-0.2, 0) is 0 Å². The van der Waals surface area contributed by atoms with Crippen LogP contribution in [0.5, 0.6) is 0 Å². The Balaban J connectivity index is 0.000000110. The minimum Gasteiger partial charge on any atom is -0.456 e. The summed E-state index contributed by atoms with van der Waals surface area (Å²) >= 11 is 1.85. The maximum Gasteiger partial charge on any atom is 0.164 e. The molecule has 0 aliphatic rings. The van der Waals surface area contributed by atoms with Gasteiger partial charge in [0.05, 0.1) is 0 Å². The number of rotatable bonds is 13. The van der Waals surface area contributed by atoms with Crippen LogP contribution >= 0.6 is 11.3 Å². The average Bonchev–Trinajstić information content (AvgIpc) is 1.56. The zero-order valence-electron chi connectivity index (χ0n) is 71.6. The van der Waals surface area contributed by atoms with Crippen molar-refractivity contribution in [3.63, 3.8) is 0 Å². The predicted octanol–water partition coefficient (Wildman–Crippen LogP) is 32.1. The van der Waals surface area contributed by atoms with Gasteiger partial charge in [-0.2, -0.15) is 0 Å². The third-order valence-corrected chi connectivity index (χ3v) is 25.9. The highest BCUT2D eigenvalue weighted by molar-refractivity contribution is 7.26.